The van der Waals surface area contributed by atoms with Crippen molar-refractivity contribution in [2.24, 2.45) is 0 Å². The number of anilines is 1. The Kier molecular flexibility index (Phi) is 5.04. The first-order chi connectivity index (χ1) is 10.0. The molecule has 0 bridgehead atoms. The summed E-state index contributed by atoms with van der Waals surface area (Å²) in [6.45, 7) is 0.279. The quantitative estimate of drug-likeness (QED) is 0.838. The molecule has 0 amide bonds. The molecule has 6 heteroatoms. The summed E-state index contributed by atoms with van der Waals surface area (Å²) in [7, 11) is 1.27. The Morgan fingerprint density at radius 1 is 1.24 bits per heavy atom. The van der Waals surface area contributed by atoms with Gasteiger partial charge in [-0.15, -0.1) is 0 Å². The highest BCUT2D eigenvalue weighted by atomic mass is 35.5. The predicted octanol–water partition coefficient (Wildman–Crippen LogP) is 4.53. The molecule has 0 heterocycles. The number of nitrogens with one attached hydrogen (secondary N) is 1. The van der Waals surface area contributed by atoms with Crippen molar-refractivity contribution in [3.63, 3.8) is 0 Å². The smallest absolute Gasteiger partial charge is 0.337 e. The van der Waals surface area contributed by atoms with Gasteiger partial charge in [0.05, 0.1) is 18.4 Å². The average Bonchev–Trinajstić information content (AvgIpc) is 2.48. The van der Waals surface area contributed by atoms with E-state index in [1.165, 1.54) is 25.3 Å². The van der Waals surface area contributed by atoms with Gasteiger partial charge in [-0.1, -0.05) is 23.2 Å². The normalized spacial score (nSPS) is 10.3. The number of methoxy groups -OCH3 is 1. The van der Waals surface area contributed by atoms with Crippen LogP contribution in [0.2, 0.25) is 10.0 Å². The predicted molar refractivity (Wildman–Crippen MR) is 81.5 cm³/mol. The Morgan fingerprint density at radius 3 is 2.71 bits per heavy atom. The molecule has 110 valence electrons. The number of benzene rings is 2. The van der Waals surface area contributed by atoms with Crippen molar-refractivity contribution in [2.75, 3.05) is 12.4 Å². The second-order valence-electron chi connectivity index (χ2n) is 4.28. The van der Waals surface area contributed by atoms with Gasteiger partial charge in [0.2, 0.25) is 0 Å². The number of rotatable bonds is 4. The van der Waals surface area contributed by atoms with E-state index in [-0.39, 0.29) is 17.8 Å². The van der Waals surface area contributed by atoms with Crippen molar-refractivity contribution in [1.29, 1.82) is 0 Å². The zero-order valence-electron chi connectivity index (χ0n) is 11.1. The molecule has 0 atom stereocenters. The fraction of sp³-hybridized carbons (Fsp3) is 0.133. The Labute approximate surface area is 131 Å². The second kappa shape index (κ2) is 6.78. The molecule has 0 aliphatic rings. The second-order valence-corrected chi connectivity index (χ2v) is 5.12. The number of hydrogen-bond acceptors (Lipinski definition) is 3. The van der Waals surface area contributed by atoms with Crippen LogP contribution >= 0.6 is 23.2 Å². The van der Waals surface area contributed by atoms with Crippen LogP contribution in [0.1, 0.15) is 15.9 Å². The van der Waals surface area contributed by atoms with E-state index >= 15 is 0 Å². The van der Waals surface area contributed by atoms with Gasteiger partial charge in [0.15, 0.2) is 0 Å². The molecule has 3 nitrogen and oxygen atoms in total. The Hall–Kier alpha value is -1.78. The highest BCUT2D eigenvalue weighted by Crippen LogP contribution is 2.23. The third kappa shape index (κ3) is 3.86. The van der Waals surface area contributed by atoms with E-state index in [4.69, 9.17) is 23.2 Å². The fourth-order valence-corrected chi connectivity index (χ4v) is 2.15. The lowest BCUT2D eigenvalue weighted by atomic mass is 10.1. The Morgan fingerprint density at radius 2 is 2.00 bits per heavy atom. The summed E-state index contributed by atoms with van der Waals surface area (Å²) in [5, 5.41) is 3.96. The highest BCUT2D eigenvalue weighted by Gasteiger charge is 2.10. The van der Waals surface area contributed by atoms with Gasteiger partial charge < -0.3 is 10.1 Å². The van der Waals surface area contributed by atoms with Crippen molar-refractivity contribution < 1.29 is 13.9 Å². The maximum absolute atomic E-state index is 13.7. The minimum atomic E-state index is -0.529. The van der Waals surface area contributed by atoms with E-state index in [2.05, 4.69) is 10.1 Å². The van der Waals surface area contributed by atoms with Gasteiger partial charge in [0.25, 0.3) is 0 Å². The van der Waals surface area contributed by atoms with Gasteiger partial charge in [-0.3, -0.25) is 0 Å². The van der Waals surface area contributed by atoms with Crippen LogP contribution in [-0.2, 0) is 11.3 Å². The van der Waals surface area contributed by atoms with E-state index in [9.17, 15) is 9.18 Å². The molecule has 0 unspecified atom stereocenters. The molecule has 0 aliphatic heterocycles. The summed E-state index contributed by atoms with van der Waals surface area (Å²) in [6.07, 6.45) is 0. The lowest BCUT2D eigenvalue weighted by Crippen LogP contribution is -2.06. The molecule has 2 aromatic rings. The molecule has 0 radical (unpaired) electrons. The van der Waals surface area contributed by atoms with Crippen LogP contribution in [0.5, 0.6) is 0 Å². The van der Waals surface area contributed by atoms with E-state index < -0.39 is 11.8 Å². The minimum Gasteiger partial charge on any atom is -0.465 e. The summed E-state index contributed by atoms with van der Waals surface area (Å²) in [5.74, 6) is -1.00. The molecule has 0 aliphatic carbocycles. The molecule has 21 heavy (non-hydrogen) atoms. The van der Waals surface area contributed by atoms with Gasteiger partial charge in [-0.25, -0.2) is 9.18 Å². The molecule has 0 aromatic heterocycles. The summed E-state index contributed by atoms with van der Waals surface area (Å²) in [4.78, 5) is 11.4. The van der Waals surface area contributed by atoms with Gasteiger partial charge in [0.1, 0.15) is 5.82 Å². The van der Waals surface area contributed by atoms with Gasteiger partial charge >= 0.3 is 5.97 Å². The first kappa shape index (κ1) is 15.6. The summed E-state index contributed by atoms with van der Waals surface area (Å²) in [5.41, 5.74) is 1.18. The number of hydrogen-bond donors (Lipinski definition) is 1. The maximum atomic E-state index is 13.7. The van der Waals surface area contributed by atoms with Gasteiger partial charge in [0, 0.05) is 16.6 Å². The maximum Gasteiger partial charge on any atom is 0.337 e. The lowest BCUT2D eigenvalue weighted by Gasteiger charge is -2.10. The van der Waals surface area contributed by atoms with Crippen LogP contribution < -0.4 is 5.32 Å². The topological polar surface area (TPSA) is 38.3 Å². The van der Waals surface area contributed by atoms with Crippen molar-refractivity contribution in [3.05, 3.63) is 63.4 Å². The fourth-order valence-electron chi connectivity index (χ4n) is 1.77. The van der Waals surface area contributed by atoms with Crippen molar-refractivity contribution >= 4 is 34.9 Å². The highest BCUT2D eigenvalue weighted by molar-refractivity contribution is 6.33. The molecule has 2 rings (SSSR count). The SMILES string of the molecule is COC(=O)c1ccc(F)c(NCc2cc(Cl)ccc2Cl)c1. The number of carbonyl (C=O) groups is 1. The molecule has 0 spiro atoms. The average molecular weight is 328 g/mol. The number of carbonyl (C=O) groups excluding carboxylic acids is 1. The summed E-state index contributed by atoms with van der Waals surface area (Å²) >= 11 is 11.9. The van der Waals surface area contributed by atoms with E-state index in [1.807, 2.05) is 0 Å². The van der Waals surface area contributed by atoms with Crippen molar-refractivity contribution in [2.45, 2.75) is 6.54 Å². The molecule has 0 saturated carbocycles. The molecular formula is C15H12Cl2FNO2. The summed E-state index contributed by atoms with van der Waals surface area (Å²) in [6, 6.07) is 8.99. The first-order valence-corrected chi connectivity index (χ1v) is 6.82. The van der Waals surface area contributed by atoms with Gasteiger partial charge in [-0.05, 0) is 42.0 Å². The standard InChI is InChI=1S/C15H12Cl2FNO2/c1-21-15(20)9-2-5-13(18)14(7-9)19-8-10-6-11(16)3-4-12(10)17/h2-7,19H,8H2,1H3. The number of halogens is 3. The zero-order valence-corrected chi connectivity index (χ0v) is 12.6. The molecule has 1 N–H and O–H groups in total. The van der Waals surface area contributed by atoms with Crippen molar-refractivity contribution in [3.8, 4) is 0 Å². The monoisotopic (exact) mass is 327 g/mol. The van der Waals surface area contributed by atoms with E-state index in [1.54, 1.807) is 18.2 Å². The largest absolute Gasteiger partial charge is 0.465 e. The van der Waals surface area contributed by atoms with Crippen LogP contribution in [0.15, 0.2) is 36.4 Å². The Bertz CT molecular complexity index is 677. The third-order valence-corrected chi connectivity index (χ3v) is 3.47. The van der Waals surface area contributed by atoms with Gasteiger partial charge in [-0.2, -0.15) is 0 Å². The molecule has 0 saturated heterocycles. The van der Waals surface area contributed by atoms with Crippen LogP contribution in [0.4, 0.5) is 10.1 Å². The molecule has 2 aromatic carbocycles. The first-order valence-electron chi connectivity index (χ1n) is 6.07. The Balaban J connectivity index is 2.19. The van der Waals surface area contributed by atoms with E-state index in [0.29, 0.717) is 10.0 Å². The van der Waals surface area contributed by atoms with Crippen molar-refractivity contribution in [1.82, 2.24) is 0 Å². The number of esters is 1. The molecular weight excluding hydrogens is 316 g/mol. The van der Waals surface area contributed by atoms with E-state index in [0.717, 1.165) is 5.56 Å². The lowest BCUT2D eigenvalue weighted by molar-refractivity contribution is 0.0600. The summed E-state index contributed by atoms with van der Waals surface area (Å²) < 4.78 is 18.3. The molecule has 0 fully saturated rings. The third-order valence-electron chi connectivity index (χ3n) is 2.86. The number of ether oxygens (including phenoxy) is 1. The van der Waals surface area contributed by atoms with Crippen LogP contribution in [0, 0.1) is 5.82 Å². The van der Waals surface area contributed by atoms with Crippen LogP contribution in [0.3, 0.4) is 0 Å². The zero-order chi connectivity index (χ0) is 15.4. The van der Waals surface area contributed by atoms with Crippen LogP contribution in [0.25, 0.3) is 0 Å². The minimum absolute atomic E-state index is 0.189. The van der Waals surface area contributed by atoms with Crippen LogP contribution in [-0.4, -0.2) is 13.1 Å².